The first-order valence-electron chi connectivity index (χ1n) is 8.43. The highest BCUT2D eigenvalue weighted by molar-refractivity contribution is 6.02. The van der Waals surface area contributed by atoms with Crippen LogP contribution >= 0.6 is 0 Å². The molecular formula is C23H23NO. The lowest BCUT2D eigenvalue weighted by molar-refractivity contribution is 0.482. The van der Waals surface area contributed by atoms with Crippen LogP contribution in [0.25, 0.3) is 16.8 Å². The third-order valence-corrected chi connectivity index (χ3v) is 3.98. The van der Waals surface area contributed by atoms with Gasteiger partial charge in [0.1, 0.15) is 5.75 Å². The zero-order chi connectivity index (χ0) is 17.8. The maximum absolute atomic E-state index is 10.2. The van der Waals surface area contributed by atoms with Gasteiger partial charge in [0.05, 0.1) is 11.7 Å². The Morgan fingerprint density at radius 2 is 1.68 bits per heavy atom. The number of phenols is 1. The molecular weight excluding hydrogens is 306 g/mol. The van der Waals surface area contributed by atoms with Crippen LogP contribution in [-0.4, -0.2) is 5.11 Å². The molecule has 126 valence electrons. The molecule has 25 heavy (non-hydrogen) atoms. The van der Waals surface area contributed by atoms with Crippen molar-refractivity contribution in [3.05, 3.63) is 90.0 Å². The number of allylic oxidation sites excluding steroid dienone is 1. The van der Waals surface area contributed by atoms with Gasteiger partial charge in [-0.15, -0.1) is 6.58 Å². The van der Waals surface area contributed by atoms with E-state index in [0.29, 0.717) is 5.75 Å². The zero-order valence-electron chi connectivity index (χ0n) is 14.7. The molecule has 0 radical (unpaired) electrons. The van der Waals surface area contributed by atoms with Crippen molar-refractivity contribution >= 4 is 22.5 Å². The SMILES string of the molecule is C=C(C)C.Oc1cccc2ccc3c(c12)NC(c1ccccc1)C=C3. The van der Waals surface area contributed by atoms with E-state index in [2.05, 4.69) is 42.2 Å². The van der Waals surface area contributed by atoms with E-state index in [4.69, 9.17) is 0 Å². The van der Waals surface area contributed by atoms with Crippen molar-refractivity contribution in [2.75, 3.05) is 5.32 Å². The molecule has 0 spiro atoms. The molecule has 4 rings (SSSR count). The lowest BCUT2D eigenvalue weighted by atomic mass is 9.96. The Morgan fingerprint density at radius 3 is 2.40 bits per heavy atom. The van der Waals surface area contributed by atoms with Crippen molar-refractivity contribution in [2.24, 2.45) is 0 Å². The molecule has 3 aromatic carbocycles. The Balaban J connectivity index is 0.000000415. The van der Waals surface area contributed by atoms with Gasteiger partial charge in [0.15, 0.2) is 0 Å². The molecule has 2 heteroatoms. The Hall–Kier alpha value is -3.00. The highest BCUT2D eigenvalue weighted by Gasteiger charge is 2.17. The average molecular weight is 329 g/mol. The van der Waals surface area contributed by atoms with Gasteiger partial charge in [-0.2, -0.15) is 0 Å². The van der Waals surface area contributed by atoms with E-state index in [1.165, 1.54) is 11.1 Å². The minimum absolute atomic E-state index is 0.129. The van der Waals surface area contributed by atoms with Crippen LogP contribution in [0.2, 0.25) is 0 Å². The van der Waals surface area contributed by atoms with Crippen molar-refractivity contribution in [3.8, 4) is 5.75 Å². The molecule has 1 atom stereocenters. The standard InChI is InChI=1S/C19H15NO.C4H8/c21-17-8-4-7-14-9-10-15-11-12-16(20-19(15)18(14)17)13-5-2-1-3-6-13;1-4(2)3/h1-12,16,20-21H;1H2,2-3H3. The van der Waals surface area contributed by atoms with Crippen molar-refractivity contribution in [3.63, 3.8) is 0 Å². The summed E-state index contributed by atoms with van der Waals surface area (Å²) in [6.45, 7) is 7.50. The van der Waals surface area contributed by atoms with Crippen molar-refractivity contribution in [2.45, 2.75) is 19.9 Å². The molecule has 1 aliphatic rings. The quantitative estimate of drug-likeness (QED) is 0.513. The molecule has 2 N–H and O–H groups in total. The van der Waals surface area contributed by atoms with Crippen LogP contribution in [0.5, 0.6) is 5.75 Å². The van der Waals surface area contributed by atoms with E-state index in [9.17, 15) is 5.11 Å². The second kappa shape index (κ2) is 7.27. The number of nitrogens with one attached hydrogen (secondary N) is 1. The van der Waals surface area contributed by atoms with E-state index in [0.717, 1.165) is 22.0 Å². The third-order valence-electron chi connectivity index (χ3n) is 3.98. The molecule has 1 heterocycles. The van der Waals surface area contributed by atoms with Gasteiger partial charge in [0, 0.05) is 5.39 Å². The van der Waals surface area contributed by atoms with Gasteiger partial charge in [-0.1, -0.05) is 72.3 Å². The molecule has 1 unspecified atom stereocenters. The molecule has 3 aromatic rings. The summed E-state index contributed by atoms with van der Waals surface area (Å²) in [6, 6.07) is 20.2. The van der Waals surface area contributed by atoms with Gasteiger partial charge in [0.2, 0.25) is 0 Å². The highest BCUT2D eigenvalue weighted by Crippen LogP contribution is 2.39. The predicted molar refractivity (Wildman–Crippen MR) is 108 cm³/mol. The fourth-order valence-electron chi connectivity index (χ4n) is 2.93. The summed E-state index contributed by atoms with van der Waals surface area (Å²) in [7, 11) is 0. The molecule has 1 aliphatic heterocycles. The molecule has 0 fully saturated rings. The number of hydrogen-bond donors (Lipinski definition) is 2. The number of anilines is 1. The van der Waals surface area contributed by atoms with Crippen LogP contribution in [-0.2, 0) is 0 Å². The van der Waals surface area contributed by atoms with Crippen LogP contribution in [0.4, 0.5) is 5.69 Å². The average Bonchev–Trinajstić information content (AvgIpc) is 2.61. The van der Waals surface area contributed by atoms with E-state index in [-0.39, 0.29) is 6.04 Å². The van der Waals surface area contributed by atoms with Crippen molar-refractivity contribution < 1.29 is 5.11 Å². The summed E-state index contributed by atoms with van der Waals surface area (Å²) in [5.74, 6) is 0.318. The van der Waals surface area contributed by atoms with Gasteiger partial charge in [-0.3, -0.25) is 0 Å². The fraction of sp³-hybridized carbons (Fsp3) is 0.130. The van der Waals surface area contributed by atoms with Crippen LogP contribution in [0.1, 0.15) is 31.0 Å². The van der Waals surface area contributed by atoms with Gasteiger partial charge < -0.3 is 10.4 Å². The molecule has 0 saturated carbocycles. The lowest BCUT2D eigenvalue weighted by Crippen LogP contribution is -2.12. The molecule has 0 aromatic heterocycles. The number of benzene rings is 3. The summed E-state index contributed by atoms with van der Waals surface area (Å²) >= 11 is 0. The minimum Gasteiger partial charge on any atom is -0.507 e. The lowest BCUT2D eigenvalue weighted by Gasteiger charge is -2.24. The number of fused-ring (bicyclic) bond motifs is 3. The summed E-state index contributed by atoms with van der Waals surface area (Å²) < 4.78 is 0. The van der Waals surface area contributed by atoms with E-state index >= 15 is 0 Å². The van der Waals surface area contributed by atoms with E-state index in [1.54, 1.807) is 6.07 Å². The number of rotatable bonds is 1. The Kier molecular flexibility index (Phi) is 4.90. The zero-order valence-corrected chi connectivity index (χ0v) is 14.7. The minimum atomic E-state index is 0.129. The highest BCUT2D eigenvalue weighted by atomic mass is 16.3. The van der Waals surface area contributed by atoms with E-state index in [1.807, 2.05) is 50.2 Å². The Bertz CT molecular complexity index is 921. The smallest absolute Gasteiger partial charge is 0.125 e. The molecule has 0 amide bonds. The van der Waals surface area contributed by atoms with Crippen molar-refractivity contribution in [1.29, 1.82) is 0 Å². The number of hydrogen-bond acceptors (Lipinski definition) is 2. The van der Waals surface area contributed by atoms with Crippen LogP contribution in [0, 0.1) is 0 Å². The van der Waals surface area contributed by atoms with Crippen LogP contribution < -0.4 is 5.32 Å². The largest absolute Gasteiger partial charge is 0.507 e. The second-order valence-electron chi connectivity index (χ2n) is 6.50. The third kappa shape index (κ3) is 3.74. The normalized spacial score (nSPS) is 14.9. The number of aromatic hydroxyl groups is 1. The van der Waals surface area contributed by atoms with Gasteiger partial charge in [0.25, 0.3) is 0 Å². The summed E-state index contributed by atoms with van der Waals surface area (Å²) in [6.07, 6.45) is 4.28. The maximum Gasteiger partial charge on any atom is 0.125 e. The van der Waals surface area contributed by atoms with Crippen LogP contribution in [0.3, 0.4) is 0 Å². The summed E-state index contributed by atoms with van der Waals surface area (Å²) in [5, 5.41) is 15.7. The molecule has 2 nitrogen and oxygen atoms in total. The predicted octanol–water partition coefficient (Wildman–Crippen LogP) is 6.31. The summed E-state index contributed by atoms with van der Waals surface area (Å²) in [5.41, 5.74) is 4.49. The Morgan fingerprint density at radius 1 is 0.960 bits per heavy atom. The maximum atomic E-state index is 10.2. The summed E-state index contributed by atoms with van der Waals surface area (Å²) in [4.78, 5) is 0. The van der Waals surface area contributed by atoms with Crippen molar-refractivity contribution in [1.82, 2.24) is 0 Å². The molecule has 0 aliphatic carbocycles. The number of phenolic OH excluding ortho intramolecular Hbond substituents is 1. The first kappa shape index (κ1) is 16.8. The fourth-order valence-corrected chi connectivity index (χ4v) is 2.93. The van der Waals surface area contributed by atoms with Gasteiger partial charge in [-0.25, -0.2) is 0 Å². The van der Waals surface area contributed by atoms with Gasteiger partial charge in [-0.05, 0) is 36.4 Å². The molecule has 0 saturated heterocycles. The van der Waals surface area contributed by atoms with E-state index < -0.39 is 0 Å². The Labute approximate surface area is 149 Å². The topological polar surface area (TPSA) is 32.3 Å². The monoisotopic (exact) mass is 329 g/mol. The molecule has 0 bridgehead atoms. The van der Waals surface area contributed by atoms with Gasteiger partial charge >= 0.3 is 0 Å². The first-order valence-corrected chi connectivity index (χ1v) is 8.43. The van der Waals surface area contributed by atoms with Crippen LogP contribution in [0.15, 0.2) is 78.9 Å². The first-order chi connectivity index (χ1) is 12.1. The second-order valence-corrected chi connectivity index (χ2v) is 6.50.